The third kappa shape index (κ3) is 3.99. The van der Waals surface area contributed by atoms with Gasteiger partial charge >= 0.3 is 0 Å². The number of Topliss-reactive ketones (excluding diaryl/α,β-unsaturated/α-hetero) is 1. The minimum absolute atomic E-state index is 0.0876. The van der Waals surface area contributed by atoms with E-state index < -0.39 is 0 Å². The zero-order valence-corrected chi connectivity index (χ0v) is 15.9. The summed E-state index contributed by atoms with van der Waals surface area (Å²) in [6.07, 6.45) is 3.60. The highest BCUT2D eigenvalue weighted by Gasteiger charge is 2.22. The number of aryl methyl sites for hydroxylation is 1. The van der Waals surface area contributed by atoms with Crippen LogP contribution >= 0.6 is 0 Å². The summed E-state index contributed by atoms with van der Waals surface area (Å²) >= 11 is 0. The van der Waals surface area contributed by atoms with Gasteiger partial charge in [0.05, 0.1) is 7.11 Å². The van der Waals surface area contributed by atoms with Crippen LogP contribution in [-0.4, -0.2) is 12.9 Å². The maximum atomic E-state index is 12.9. The number of fused-ring (bicyclic) bond motifs is 1. The molecule has 4 rings (SSSR count). The van der Waals surface area contributed by atoms with E-state index in [-0.39, 0.29) is 5.78 Å². The monoisotopic (exact) mass is 370 g/mol. The Hall–Kier alpha value is -3.33. The van der Waals surface area contributed by atoms with Crippen LogP contribution in [0.2, 0.25) is 0 Å². The van der Waals surface area contributed by atoms with E-state index in [9.17, 15) is 4.79 Å². The van der Waals surface area contributed by atoms with Crippen molar-refractivity contribution in [1.29, 1.82) is 0 Å². The van der Waals surface area contributed by atoms with E-state index in [0.29, 0.717) is 12.4 Å². The quantitative estimate of drug-likeness (QED) is 0.557. The van der Waals surface area contributed by atoms with Crippen molar-refractivity contribution in [3.05, 3.63) is 101 Å². The van der Waals surface area contributed by atoms with E-state index in [2.05, 4.69) is 0 Å². The molecule has 0 unspecified atom stereocenters. The number of allylic oxidation sites excluding steroid dienone is 1. The molecule has 0 N–H and O–H groups in total. The van der Waals surface area contributed by atoms with Crippen molar-refractivity contribution in [1.82, 2.24) is 0 Å². The second-order valence-corrected chi connectivity index (χ2v) is 6.87. The number of hydrogen-bond donors (Lipinski definition) is 0. The smallest absolute Gasteiger partial charge is 0.189 e. The van der Waals surface area contributed by atoms with Crippen LogP contribution in [0.5, 0.6) is 11.5 Å². The summed E-state index contributed by atoms with van der Waals surface area (Å²) in [5.74, 6) is 1.62. The molecule has 3 nitrogen and oxygen atoms in total. The molecule has 0 radical (unpaired) electrons. The Kier molecular flexibility index (Phi) is 5.24. The lowest BCUT2D eigenvalue weighted by molar-refractivity contribution is 0.102. The number of carbonyl (C=O) groups is 1. The predicted octanol–water partition coefficient (Wildman–Crippen LogP) is 5.49. The molecular formula is C25H22O3. The molecule has 0 spiro atoms. The highest BCUT2D eigenvalue weighted by molar-refractivity contribution is 6.13. The first-order valence-corrected chi connectivity index (χ1v) is 9.42. The molecule has 0 atom stereocenters. The number of ketones is 1. The molecule has 0 amide bonds. The van der Waals surface area contributed by atoms with Gasteiger partial charge in [-0.1, -0.05) is 48.5 Å². The van der Waals surface area contributed by atoms with Crippen LogP contribution in [0.1, 0.15) is 33.5 Å². The van der Waals surface area contributed by atoms with Crippen LogP contribution in [-0.2, 0) is 13.0 Å². The van der Waals surface area contributed by atoms with Gasteiger partial charge in [-0.25, -0.2) is 0 Å². The fourth-order valence-electron chi connectivity index (χ4n) is 3.41. The van der Waals surface area contributed by atoms with Crippen molar-refractivity contribution in [3.8, 4) is 11.5 Å². The largest absolute Gasteiger partial charge is 0.497 e. The fourth-order valence-corrected chi connectivity index (χ4v) is 3.41. The van der Waals surface area contributed by atoms with Gasteiger partial charge in [0.2, 0.25) is 0 Å². The second-order valence-electron chi connectivity index (χ2n) is 6.87. The number of ether oxygens (including phenoxy) is 2. The van der Waals surface area contributed by atoms with E-state index in [0.717, 1.165) is 46.4 Å². The first kappa shape index (κ1) is 18.1. The van der Waals surface area contributed by atoms with E-state index in [1.807, 2.05) is 78.9 Å². The van der Waals surface area contributed by atoms with Crippen molar-refractivity contribution >= 4 is 11.9 Å². The Morgan fingerprint density at radius 3 is 2.39 bits per heavy atom. The molecule has 3 aromatic rings. The minimum Gasteiger partial charge on any atom is -0.497 e. The maximum absolute atomic E-state index is 12.9. The predicted molar refractivity (Wildman–Crippen MR) is 111 cm³/mol. The third-order valence-corrected chi connectivity index (χ3v) is 4.99. The van der Waals surface area contributed by atoms with Gasteiger partial charge < -0.3 is 9.47 Å². The first-order valence-electron chi connectivity index (χ1n) is 9.42. The molecule has 0 saturated heterocycles. The van der Waals surface area contributed by atoms with Crippen LogP contribution < -0.4 is 9.47 Å². The van der Waals surface area contributed by atoms with Gasteiger partial charge in [-0.2, -0.15) is 0 Å². The average molecular weight is 370 g/mol. The lowest BCUT2D eigenvalue weighted by atomic mass is 9.86. The molecule has 0 saturated carbocycles. The van der Waals surface area contributed by atoms with E-state index in [4.69, 9.17) is 9.47 Å². The van der Waals surface area contributed by atoms with Crippen molar-refractivity contribution in [2.75, 3.05) is 7.11 Å². The number of hydrogen-bond acceptors (Lipinski definition) is 3. The summed E-state index contributed by atoms with van der Waals surface area (Å²) in [7, 11) is 1.62. The lowest BCUT2D eigenvalue weighted by Crippen LogP contribution is -2.14. The Morgan fingerprint density at radius 2 is 1.64 bits per heavy atom. The summed E-state index contributed by atoms with van der Waals surface area (Å²) in [4.78, 5) is 12.9. The second kappa shape index (κ2) is 8.13. The van der Waals surface area contributed by atoms with Gasteiger partial charge in [0.25, 0.3) is 0 Å². The van der Waals surface area contributed by atoms with Crippen molar-refractivity contribution in [2.45, 2.75) is 19.4 Å². The molecule has 0 aliphatic heterocycles. The van der Waals surface area contributed by atoms with Gasteiger partial charge in [-0.05, 0) is 59.9 Å². The Balaban J connectivity index is 1.47. The van der Waals surface area contributed by atoms with Gasteiger partial charge in [0.1, 0.15) is 18.1 Å². The molecule has 1 aliphatic rings. The topological polar surface area (TPSA) is 35.5 Å². The molecular weight excluding hydrogens is 348 g/mol. The maximum Gasteiger partial charge on any atom is 0.189 e. The summed E-state index contributed by atoms with van der Waals surface area (Å²) < 4.78 is 11.1. The van der Waals surface area contributed by atoms with Crippen LogP contribution in [0.3, 0.4) is 0 Å². The molecule has 0 heterocycles. The van der Waals surface area contributed by atoms with Crippen molar-refractivity contribution in [2.24, 2.45) is 0 Å². The molecule has 0 bridgehead atoms. The highest BCUT2D eigenvalue weighted by Crippen LogP contribution is 2.29. The van der Waals surface area contributed by atoms with Crippen molar-refractivity contribution in [3.63, 3.8) is 0 Å². The number of benzene rings is 3. The molecule has 28 heavy (non-hydrogen) atoms. The average Bonchev–Trinajstić information content (AvgIpc) is 2.76. The number of rotatable bonds is 5. The Morgan fingerprint density at radius 1 is 0.893 bits per heavy atom. The highest BCUT2D eigenvalue weighted by atomic mass is 16.5. The van der Waals surface area contributed by atoms with Gasteiger partial charge in [0, 0.05) is 11.1 Å². The first-order chi connectivity index (χ1) is 13.7. The minimum atomic E-state index is 0.0876. The van der Waals surface area contributed by atoms with E-state index in [1.165, 1.54) is 0 Å². The SMILES string of the molecule is COc1ccc2c(c1)C(=O)/C(=C/c1ccc(OCc3ccccc3)cc1)CC2. The van der Waals surface area contributed by atoms with Crippen LogP contribution in [0.25, 0.3) is 6.08 Å². The van der Waals surface area contributed by atoms with Crippen LogP contribution in [0.15, 0.2) is 78.4 Å². The summed E-state index contributed by atoms with van der Waals surface area (Å²) in [6.45, 7) is 0.540. The molecule has 3 heteroatoms. The summed E-state index contributed by atoms with van der Waals surface area (Å²) in [6, 6.07) is 23.7. The Bertz CT molecular complexity index is 1000. The lowest BCUT2D eigenvalue weighted by Gasteiger charge is -2.18. The molecule has 140 valence electrons. The summed E-state index contributed by atoms with van der Waals surface area (Å²) in [5, 5.41) is 0. The molecule has 0 aromatic heterocycles. The van der Waals surface area contributed by atoms with Crippen LogP contribution in [0.4, 0.5) is 0 Å². The zero-order valence-electron chi connectivity index (χ0n) is 15.9. The zero-order chi connectivity index (χ0) is 19.3. The number of methoxy groups -OCH3 is 1. The van der Waals surface area contributed by atoms with E-state index >= 15 is 0 Å². The van der Waals surface area contributed by atoms with Crippen LogP contribution in [0, 0.1) is 0 Å². The molecule has 0 fully saturated rings. The standard InChI is InChI=1S/C25H22O3/c1-27-23-14-11-20-9-10-21(25(26)24(20)16-23)15-18-7-12-22(13-8-18)28-17-19-5-3-2-4-6-19/h2-8,11-16H,9-10,17H2,1H3/b21-15+. The van der Waals surface area contributed by atoms with Gasteiger partial charge in [-0.3, -0.25) is 4.79 Å². The molecule has 3 aromatic carbocycles. The van der Waals surface area contributed by atoms with Gasteiger partial charge in [0.15, 0.2) is 5.78 Å². The van der Waals surface area contributed by atoms with E-state index in [1.54, 1.807) is 7.11 Å². The third-order valence-electron chi connectivity index (χ3n) is 4.99. The summed E-state index contributed by atoms with van der Waals surface area (Å²) in [5.41, 5.74) is 4.81. The molecule has 1 aliphatic carbocycles. The Labute approximate surface area is 165 Å². The van der Waals surface area contributed by atoms with Crippen molar-refractivity contribution < 1.29 is 14.3 Å². The number of carbonyl (C=O) groups excluding carboxylic acids is 1. The van der Waals surface area contributed by atoms with Gasteiger partial charge in [-0.15, -0.1) is 0 Å². The normalized spacial score (nSPS) is 14.6. The fraction of sp³-hybridized carbons (Fsp3) is 0.160.